The van der Waals surface area contributed by atoms with E-state index >= 15 is 0 Å². The highest BCUT2D eigenvalue weighted by atomic mass is 16.4. The number of unbranched alkanes of at least 4 members (excludes halogenated alkanes) is 1. The van der Waals surface area contributed by atoms with Crippen molar-refractivity contribution in [3.63, 3.8) is 0 Å². The van der Waals surface area contributed by atoms with Crippen LogP contribution in [0.15, 0.2) is 12.2 Å². The van der Waals surface area contributed by atoms with Crippen LogP contribution in [0.3, 0.4) is 0 Å². The Morgan fingerprint density at radius 2 is 1.32 bits per heavy atom. The zero-order valence-corrected chi connectivity index (χ0v) is 21.2. The summed E-state index contributed by atoms with van der Waals surface area (Å²) in [5, 5.41) is 18.6. The van der Waals surface area contributed by atoms with Gasteiger partial charge in [-0.25, -0.2) is 0 Å². The lowest BCUT2D eigenvalue weighted by Crippen LogP contribution is -2.56. The third kappa shape index (κ3) is 10.8. The average Bonchev–Trinajstić information content (AvgIpc) is 3.15. The van der Waals surface area contributed by atoms with Gasteiger partial charge in [-0.3, -0.25) is 38.5 Å². The van der Waals surface area contributed by atoms with Gasteiger partial charge in [-0.05, 0) is 53.0 Å². The van der Waals surface area contributed by atoms with E-state index in [1.165, 1.54) is 20.8 Å². The number of carboxylic acids is 1. The fourth-order valence-corrected chi connectivity index (χ4v) is 3.26. The largest absolute Gasteiger partial charge is 0.480 e. The first kappa shape index (κ1) is 31.2. The fraction of sp³-hybridized carbons (Fsp3) is 0.609. The zero-order valence-electron chi connectivity index (χ0n) is 21.2. The van der Waals surface area contributed by atoms with Crippen molar-refractivity contribution >= 4 is 41.4 Å². The lowest BCUT2D eigenvalue weighted by atomic mass is 10.1. The summed E-state index contributed by atoms with van der Waals surface area (Å²) in [5.74, 6) is -4.58. The minimum absolute atomic E-state index is 0.0326. The zero-order chi connectivity index (χ0) is 28.1. The van der Waals surface area contributed by atoms with Crippen molar-refractivity contribution < 1.29 is 38.7 Å². The number of nitrogens with one attached hydrogen (secondary N) is 4. The highest BCUT2D eigenvalue weighted by Gasteiger charge is 2.27. The van der Waals surface area contributed by atoms with Crippen molar-refractivity contribution in [2.45, 2.75) is 77.0 Å². The molecule has 1 aliphatic heterocycles. The van der Waals surface area contributed by atoms with E-state index in [1.54, 1.807) is 0 Å². The number of aliphatic carboxylic acids is 1. The van der Waals surface area contributed by atoms with Gasteiger partial charge in [0.1, 0.15) is 24.2 Å². The number of hydrogen-bond donors (Lipinski definition) is 6. The summed E-state index contributed by atoms with van der Waals surface area (Å²) in [6.45, 7) is 4.50. The summed E-state index contributed by atoms with van der Waals surface area (Å²) in [7, 11) is 0. The lowest BCUT2D eigenvalue weighted by molar-refractivity contribution is -0.141. The van der Waals surface area contributed by atoms with E-state index in [9.17, 15) is 33.6 Å². The van der Waals surface area contributed by atoms with Gasteiger partial charge in [0.25, 0.3) is 11.8 Å². The van der Waals surface area contributed by atoms with E-state index in [2.05, 4.69) is 21.3 Å². The molecule has 0 unspecified atom stereocenters. The van der Waals surface area contributed by atoms with Gasteiger partial charge < -0.3 is 32.1 Å². The third-order valence-electron chi connectivity index (χ3n) is 5.52. The molecule has 4 atom stereocenters. The van der Waals surface area contributed by atoms with Gasteiger partial charge in [0.05, 0.1) is 0 Å². The summed E-state index contributed by atoms with van der Waals surface area (Å²) < 4.78 is 0. The normalized spacial score (nSPS) is 15.9. The van der Waals surface area contributed by atoms with E-state index < -0.39 is 65.6 Å². The Kier molecular flexibility index (Phi) is 12.9. The quantitative estimate of drug-likeness (QED) is 0.0961. The Hall–Kier alpha value is -3.81. The van der Waals surface area contributed by atoms with Crippen LogP contribution in [0, 0.1) is 0 Å². The van der Waals surface area contributed by atoms with Gasteiger partial charge in [0.15, 0.2) is 0 Å². The van der Waals surface area contributed by atoms with E-state index in [4.69, 9.17) is 10.8 Å². The summed E-state index contributed by atoms with van der Waals surface area (Å²) in [6, 6.07) is -4.22. The molecule has 0 aliphatic carbocycles. The maximum atomic E-state index is 12.8. The van der Waals surface area contributed by atoms with Crippen molar-refractivity contribution in [3.8, 4) is 0 Å². The molecule has 14 nitrogen and oxygen atoms in total. The van der Waals surface area contributed by atoms with Crippen LogP contribution < -0.4 is 27.0 Å². The second-order valence-corrected chi connectivity index (χ2v) is 8.70. The summed E-state index contributed by atoms with van der Waals surface area (Å²) in [5.41, 5.74) is 5.51. The summed E-state index contributed by atoms with van der Waals surface area (Å²) in [6.07, 6.45) is 3.90. The van der Waals surface area contributed by atoms with Gasteiger partial charge >= 0.3 is 5.97 Å². The number of carboxylic acid groups (broad SMARTS) is 1. The first-order valence-corrected chi connectivity index (χ1v) is 12.0. The molecule has 0 spiro atoms. The molecule has 0 aromatic carbocycles. The SMILES string of the molecule is C[C@H](NC(=O)[C@H](C)NC(=O)[C@H](C)NC(=O)[C@H](CCCCN)NC(=O)CCCN1C(=O)C=CC1=O)C(=O)O. The molecule has 206 valence electrons. The van der Waals surface area contributed by atoms with Gasteiger partial charge in [0, 0.05) is 25.1 Å². The van der Waals surface area contributed by atoms with E-state index in [-0.39, 0.29) is 25.8 Å². The number of rotatable bonds is 16. The Morgan fingerprint density at radius 1 is 0.811 bits per heavy atom. The number of carbonyl (C=O) groups is 7. The van der Waals surface area contributed by atoms with Crippen LogP contribution in [0.5, 0.6) is 0 Å². The highest BCUT2D eigenvalue weighted by molar-refractivity contribution is 6.12. The van der Waals surface area contributed by atoms with Crippen molar-refractivity contribution in [2.24, 2.45) is 5.73 Å². The van der Waals surface area contributed by atoms with Crippen molar-refractivity contribution in [1.29, 1.82) is 0 Å². The van der Waals surface area contributed by atoms with Crippen LogP contribution in [-0.4, -0.2) is 88.7 Å². The number of amides is 6. The average molecular weight is 525 g/mol. The molecule has 1 heterocycles. The second-order valence-electron chi connectivity index (χ2n) is 8.70. The Morgan fingerprint density at radius 3 is 1.84 bits per heavy atom. The van der Waals surface area contributed by atoms with E-state index in [1.807, 2.05) is 0 Å². The van der Waals surface area contributed by atoms with Gasteiger partial charge in [0.2, 0.25) is 23.6 Å². The number of carbonyl (C=O) groups excluding carboxylic acids is 6. The maximum Gasteiger partial charge on any atom is 0.325 e. The molecule has 6 amide bonds. The van der Waals surface area contributed by atoms with Crippen molar-refractivity contribution in [2.75, 3.05) is 13.1 Å². The van der Waals surface area contributed by atoms with Crippen LogP contribution >= 0.6 is 0 Å². The molecular weight excluding hydrogens is 488 g/mol. The first-order chi connectivity index (χ1) is 17.4. The lowest BCUT2D eigenvalue weighted by Gasteiger charge is -2.23. The molecule has 1 rings (SSSR count). The monoisotopic (exact) mass is 524 g/mol. The van der Waals surface area contributed by atoms with Crippen LogP contribution in [-0.2, 0) is 33.6 Å². The topological polar surface area (TPSA) is 217 Å². The Balaban J connectivity index is 2.62. The molecule has 0 bridgehead atoms. The van der Waals surface area contributed by atoms with E-state index in [0.717, 1.165) is 17.1 Å². The molecule has 7 N–H and O–H groups in total. The molecule has 0 aromatic heterocycles. The molecule has 0 fully saturated rings. The molecular formula is C23H36N6O8. The van der Waals surface area contributed by atoms with Crippen LogP contribution in [0.25, 0.3) is 0 Å². The first-order valence-electron chi connectivity index (χ1n) is 12.0. The molecule has 37 heavy (non-hydrogen) atoms. The van der Waals surface area contributed by atoms with Crippen LogP contribution in [0.4, 0.5) is 0 Å². The Bertz CT molecular complexity index is 903. The van der Waals surface area contributed by atoms with Gasteiger partial charge in [-0.2, -0.15) is 0 Å². The van der Waals surface area contributed by atoms with E-state index in [0.29, 0.717) is 19.4 Å². The van der Waals surface area contributed by atoms with Gasteiger partial charge in [-0.15, -0.1) is 0 Å². The molecule has 0 radical (unpaired) electrons. The molecule has 0 saturated heterocycles. The van der Waals surface area contributed by atoms with Crippen LogP contribution in [0.1, 0.15) is 52.9 Å². The summed E-state index contributed by atoms with van der Waals surface area (Å²) >= 11 is 0. The number of nitrogens with zero attached hydrogens (tertiary/aromatic N) is 1. The molecule has 0 aromatic rings. The minimum atomic E-state index is -1.23. The standard InChI is InChI=1S/C23H36N6O8/c1-13(21(34)27-15(3)23(36)37)25-20(33)14(2)26-22(35)16(7-4-5-11-24)28-17(30)8-6-12-29-18(31)9-10-19(29)32/h9-10,13-16H,4-8,11-12,24H2,1-3H3,(H,25,33)(H,26,35)(H,27,34)(H,28,30)(H,36,37)/t13-,14-,15-,16-/m0/s1. The molecule has 0 saturated carbocycles. The second kappa shape index (κ2) is 15.3. The number of hydrogen-bond acceptors (Lipinski definition) is 8. The van der Waals surface area contributed by atoms with Crippen LogP contribution in [0.2, 0.25) is 0 Å². The predicted octanol–water partition coefficient (Wildman–Crippen LogP) is -2.10. The molecule has 1 aliphatic rings. The smallest absolute Gasteiger partial charge is 0.325 e. The fourth-order valence-electron chi connectivity index (χ4n) is 3.26. The van der Waals surface area contributed by atoms with Gasteiger partial charge in [-0.1, -0.05) is 0 Å². The van der Waals surface area contributed by atoms with Crippen molar-refractivity contribution in [1.82, 2.24) is 26.2 Å². The number of nitrogens with two attached hydrogens (primary N) is 1. The highest BCUT2D eigenvalue weighted by Crippen LogP contribution is 2.07. The predicted molar refractivity (Wildman–Crippen MR) is 130 cm³/mol. The van der Waals surface area contributed by atoms with Crippen molar-refractivity contribution in [3.05, 3.63) is 12.2 Å². The molecule has 14 heteroatoms. The Labute approximate surface area is 214 Å². The third-order valence-corrected chi connectivity index (χ3v) is 5.52. The minimum Gasteiger partial charge on any atom is -0.480 e. The number of imide groups is 1. The summed E-state index contributed by atoms with van der Waals surface area (Å²) in [4.78, 5) is 84.8. The maximum absolute atomic E-state index is 12.8.